The first-order chi connectivity index (χ1) is 8.08. The predicted molar refractivity (Wildman–Crippen MR) is 68.7 cm³/mol. The lowest BCUT2D eigenvalue weighted by atomic mass is 10.0. The average Bonchev–Trinajstić information content (AvgIpc) is 2.33. The first-order valence-electron chi connectivity index (χ1n) is 5.99. The third kappa shape index (κ3) is 2.58. The molecule has 0 aliphatic carbocycles. The van der Waals surface area contributed by atoms with Crippen LogP contribution in [0.15, 0.2) is 18.2 Å². The first kappa shape index (κ1) is 11.9. The molecule has 1 aromatic carbocycles. The Balaban J connectivity index is 2.11. The van der Waals surface area contributed by atoms with Gasteiger partial charge in [0.2, 0.25) is 0 Å². The maximum Gasteiger partial charge on any atom is 0.253 e. The maximum absolute atomic E-state index is 12.2. The van der Waals surface area contributed by atoms with Crippen LogP contribution >= 0.6 is 0 Å². The number of nitrogen functional groups attached to an aromatic ring is 1. The van der Waals surface area contributed by atoms with E-state index >= 15 is 0 Å². The molecule has 1 heterocycles. The quantitative estimate of drug-likeness (QED) is 0.714. The molecule has 0 aromatic heterocycles. The SMILES string of the molecule is Cc1ccc(C(=O)N2CCC(N)CC2)cc1N. The molecule has 2 rings (SSSR count). The van der Waals surface area contributed by atoms with Crippen molar-refractivity contribution in [1.29, 1.82) is 0 Å². The zero-order valence-electron chi connectivity index (χ0n) is 10.1. The van der Waals surface area contributed by atoms with Crippen molar-refractivity contribution in [3.63, 3.8) is 0 Å². The molecule has 1 aromatic rings. The van der Waals surface area contributed by atoms with Gasteiger partial charge in [-0.05, 0) is 37.5 Å². The molecule has 92 valence electrons. The Bertz CT molecular complexity index is 423. The van der Waals surface area contributed by atoms with Crippen molar-refractivity contribution in [3.8, 4) is 0 Å². The third-order valence-electron chi connectivity index (χ3n) is 3.35. The molecular weight excluding hydrogens is 214 g/mol. The van der Waals surface area contributed by atoms with Gasteiger partial charge in [0.15, 0.2) is 0 Å². The van der Waals surface area contributed by atoms with E-state index in [0.29, 0.717) is 11.3 Å². The van der Waals surface area contributed by atoms with Crippen molar-refractivity contribution in [1.82, 2.24) is 4.90 Å². The number of likely N-dealkylation sites (tertiary alicyclic amines) is 1. The van der Waals surface area contributed by atoms with Crippen LogP contribution < -0.4 is 11.5 Å². The van der Waals surface area contributed by atoms with Crippen LogP contribution in [-0.4, -0.2) is 29.9 Å². The fourth-order valence-corrected chi connectivity index (χ4v) is 2.06. The zero-order chi connectivity index (χ0) is 12.4. The summed E-state index contributed by atoms with van der Waals surface area (Å²) in [4.78, 5) is 14.1. The number of carbonyl (C=O) groups is 1. The minimum Gasteiger partial charge on any atom is -0.398 e. The Hall–Kier alpha value is -1.55. The number of benzene rings is 1. The molecule has 4 N–H and O–H groups in total. The van der Waals surface area contributed by atoms with Gasteiger partial charge in [-0.2, -0.15) is 0 Å². The largest absolute Gasteiger partial charge is 0.398 e. The summed E-state index contributed by atoms with van der Waals surface area (Å²) in [7, 11) is 0. The second-order valence-corrected chi connectivity index (χ2v) is 4.70. The van der Waals surface area contributed by atoms with Gasteiger partial charge in [0.05, 0.1) is 0 Å². The number of piperidine rings is 1. The van der Waals surface area contributed by atoms with E-state index in [1.54, 1.807) is 6.07 Å². The molecule has 4 heteroatoms. The van der Waals surface area contributed by atoms with Crippen molar-refractivity contribution >= 4 is 11.6 Å². The van der Waals surface area contributed by atoms with Gasteiger partial charge in [0, 0.05) is 30.4 Å². The van der Waals surface area contributed by atoms with E-state index in [4.69, 9.17) is 11.5 Å². The molecule has 1 amide bonds. The summed E-state index contributed by atoms with van der Waals surface area (Å²) in [6, 6.07) is 5.72. The first-order valence-corrected chi connectivity index (χ1v) is 5.99. The maximum atomic E-state index is 12.2. The van der Waals surface area contributed by atoms with Gasteiger partial charge in [-0.15, -0.1) is 0 Å². The van der Waals surface area contributed by atoms with Gasteiger partial charge in [0.1, 0.15) is 0 Å². The van der Waals surface area contributed by atoms with Gasteiger partial charge >= 0.3 is 0 Å². The summed E-state index contributed by atoms with van der Waals surface area (Å²) in [5, 5.41) is 0. The summed E-state index contributed by atoms with van der Waals surface area (Å²) in [6.07, 6.45) is 1.76. The van der Waals surface area contributed by atoms with Gasteiger partial charge in [0.25, 0.3) is 5.91 Å². The van der Waals surface area contributed by atoms with Gasteiger partial charge < -0.3 is 16.4 Å². The molecule has 0 bridgehead atoms. The van der Waals surface area contributed by atoms with Gasteiger partial charge in [-0.25, -0.2) is 0 Å². The summed E-state index contributed by atoms with van der Waals surface area (Å²) < 4.78 is 0. The minimum absolute atomic E-state index is 0.0589. The smallest absolute Gasteiger partial charge is 0.253 e. The fourth-order valence-electron chi connectivity index (χ4n) is 2.06. The Kier molecular flexibility index (Phi) is 3.33. The topological polar surface area (TPSA) is 72.3 Å². The van der Waals surface area contributed by atoms with E-state index in [1.165, 1.54) is 0 Å². The minimum atomic E-state index is 0.0589. The second kappa shape index (κ2) is 4.75. The Morgan fingerprint density at radius 3 is 2.59 bits per heavy atom. The van der Waals surface area contributed by atoms with Gasteiger partial charge in [-0.1, -0.05) is 6.07 Å². The Labute approximate surface area is 102 Å². The lowest BCUT2D eigenvalue weighted by Gasteiger charge is -2.30. The molecule has 0 atom stereocenters. The number of amides is 1. The van der Waals surface area contributed by atoms with E-state index < -0.39 is 0 Å². The number of hydrogen-bond acceptors (Lipinski definition) is 3. The van der Waals surface area contributed by atoms with Crippen LogP contribution in [0.25, 0.3) is 0 Å². The second-order valence-electron chi connectivity index (χ2n) is 4.70. The number of carbonyl (C=O) groups excluding carboxylic acids is 1. The summed E-state index contributed by atoms with van der Waals surface area (Å²) >= 11 is 0. The molecular formula is C13H19N3O. The summed E-state index contributed by atoms with van der Waals surface area (Å²) in [5.74, 6) is 0.0589. The van der Waals surface area contributed by atoms with E-state index in [2.05, 4.69) is 0 Å². The monoisotopic (exact) mass is 233 g/mol. The zero-order valence-corrected chi connectivity index (χ0v) is 10.1. The van der Waals surface area contributed by atoms with Crippen LogP contribution in [0.2, 0.25) is 0 Å². The lowest BCUT2D eigenvalue weighted by molar-refractivity contribution is 0.0715. The van der Waals surface area contributed by atoms with Crippen molar-refractivity contribution < 1.29 is 4.79 Å². The van der Waals surface area contributed by atoms with E-state index in [1.807, 2.05) is 24.0 Å². The highest BCUT2D eigenvalue weighted by atomic mass is 16.2. The number of hydrogen-bond donors (Lipinski definition) is 2. The van der Waals surface area contributed by atoms with Gasteiger partial charge in [-0.3, -0.25) is 4.79 Å². The molecule has 17 heavy (non-hydrogen) atoms. The van der Waals surface area contributed by atoms with E-state index in [0.717, 1.165) is 31.5 Å². The van der Waals surface area contributed by atoms with Crippen LogP contribution in [0.3, 0.4) is 0 Å². The highest BCUT2D eigenvalue weighted by Gasteiger charge is 2.21. The van der Waals surface area contributed by atoms with Crippen molar-refractivity contribution in [2.45, 2.75) is 25.8 Å². The Morgan fingerprint density at radius 2 is 2.00 bits per heavy atom. The molecule has 1 aliphatic heterocycles. The van der Waals surface area contributed by atoms with Crippen LogP contribution in [0.5, 0.6) is 0 Å². The predicted octanol–water partition coefficient (Wildman–Crippen LogP) is 1.14. The van der Waals surface area contributed by atoms with Crippen LogP contribution in [0.4, 0.5) is 5.69 Å². The molecule has 0 saturated carbocycles. The number of nitrogens with zero attached hydrogens (tertiary/aromatic N) is 1. The molecule has 1 fully saturated rings. The molecule has 0 spiro atoms. The number of rotatable bonds is 1. The highest BCUT2D eigenvalue weighted by molar-refractivity contribution is 5.95. The van der Waals surface area contributed by atoms with Crippen LogP contribution in [0, 0.1) is 6.92 Å². The molecule has 1 aliphatic rings. The van der Waals surface area contributed by atoms with Crippen LogP contribution in [0.1, 0.15) is 28.8 Å². The van der Waals surface area contributed by atoms with Crippen molar-refractivity contribution in [2.75, 3.05) is 18.8 Å². The van der Waals surface area contributed by atoms with Crippen molar-refractivity contribution in [2.24, 2.45) is 5.73 Å². The normalized spacial score (nSPS) is 17.2. The number of nitrogens with two attached hydrogens (primary N) is 2. The van der Waals surface area contributed by atoms with E-state index in [-0.39, 0.29) is 11.9 Å². The molecule has 1 saturated heterocycles. The fraction of sp³-hybridized carbons (Fsp3) is 0.462. The third-order valence-corrected chi connectivity index (χ3v) is 3.35. The molecule has 0 unspecified atom stereocenters. The highest BCUT2D eigenvalue weighted by Crippen LogP contribution is 2.17. The standard InChI is InChI=1S/C13H19N3O/c1-9-2-3-10(8-12(9)15)13(17)16-6-4-11(14)5-7-16/h2-3,8,11H,4-7,14-15H2,1H3. The average molecular weight is 233 g/mol. The Morgan fingerprint density at radius 1 is 1.35 bits per heavy atom. The molecule has 0 radical (unpaired) electrons. The lowest BCUT2D eigenvalue weighted by Crippen LogP contribution is -2.42. The molecule has 4 nitrogen and oxygen atoms in total. The number of anilines is 1. The number of aryl methyl sites for hydroxylation is 1. The van der Waals surface area contributed by atoms with E-state index in [9.17, 15) is 4.79 Å². The summed E-state index contributed by atoms with van der Waals surface area (Å²) in [6.45, 7) is 3.42. The van der Waals surface area contributed by atoms with Crippen LogP contribution in [-0.2, 0) is 0 Å². The summed E-state index contributed by atoms with van der Waals surface area (Å²) in [5.41, 5.74) is 14.0. The van der Waals surface area contributed by atoms with Crippen molar-refractivity contribution in [3.05, 3.63) is 29.3 Å².